The summed E-state index contributed by atoms with van der Waals surface area (Å²) in [6.07, 6.45) is 4.50. The highest BCUT2D eigenvalue weighted by Gasteiger charge is 2.45. The number of rotatable bonds is 12. The first kappa shape index (κ1) is 24.4. The number of benzene rings is 1. The molecule has 178 valence electrons. The molecule has 1 aromatic heterocycles. The van der Waals surface area contributed by atoms with E-state index in [-0.39, 0.29) is 25.3 Å². The van der Waals surface area contributed by atoms with E-state index in [4.69, 9.17) is 9.15 Å². The molecule has 1 aliphatic rings. The summed E-state index contributed by atoms with van der Waals surface area (Å²) in [5.74, 6) is -2.64. The van der Waals surface area contributed by atoms with Gasteiger partial charge in [0, 0.05) is 19.3 Å². The molecular weight excluding hydrogens is 428 g/mol. The summed E-state index contributed by atoms with van der Waals surface area (Å²) in [6, 6.07) is 8.06. The molecule has 0 radical (unpaired) electrons. The molecule has 1 amide bonds. The van der Waals surface area contributed by atoms with Crippen LogP contribution in [0.4, 0.5) is 0 Å². The van der Waals surface area contributed by atoms with Crippen LogP contribution in [0.15, 0.2) is 40.9 Å². The molecule has 0 unspecified atom stereocenters. The van der Waals surface area contributed by atoms with Gasteiger partial charge < -0.3 is 24.7 Å². The second-order valence-electron chi connectivity index (χ2n) is 8.56. The summed E-state index contributed by atoms with van der Waals surface area (Å²) in [5, 5.41) is 22.0. The normalized spacial score (nSPS) is 16.8. The lowest BCUT2D eigenvalue weighted by molar-refractivity contribution is -0.147. The summed E-state index contributed by atoms with van der Waals surface area (Å²) in [4.78, 5) is 41.1. The number of methoxy groups -OCH3 is 1. The molecule has 33 heavy (non-hydrogen) atoms. The standard InChI is InChI=1S/C24H30N2O7/c1-32-12-9-17(21(27)28)14-24(10-5-6-11-24)23(31)26-18(22(29)30)13-20-25-15-19(33-20)16-7-3-2-4-8-16/h2-4,7-8,15,17-18H,5-6,9-14H2,1H3,(H,26,31)(H,27,28)(H,29,30)/t17-,18+/m1/s1. The van der Waals surface area contributed by atoms with E-state index in [0.29, 0.717) is 25.0 Å². The number of aliphatic carboxylic acids is 2. The van der Waals surface area contributed by atoms with Crippen molar-refractivity contribution in [2.24, 2.45) is 11.3 Å². The van der Waals surface area contributed by atoms with Gasteiger partial charge in [0.1, 0.15) is 6.04 Å². The van der Waals surface area contributed by atoms with Crippen molar-refractivity contribution in [3.63, 3.8) is 0 Å². The minimum Gasteiger partial charge on any atom is -0.481 e. The minimum absolute atomic E-state index is 0.115. The van der Waals surface area contributed by atoms with E-state index in [0.717, 1.165) is 18.4 Å². The van der Waals surface area contributed by atoms with Gasteiger partial charge in [0.05, 0.1) is 24.0 Å². The zero-order chi connectivity index (χ0) is 23.8. The highest BCUT2D eigenvalue weighted by Crippen LogP contribution is 2.44. The van der Waals surface area contributed by atoms with E-state index in [2.05, 4.69) is 10.3 Å². The third kappa shape index (κ3) is 6.19. The number of ether oxygens (including phenoxy) is 1. The maximum Gasteiger partial charge on any atom is 0.326 e. The van der Waals surface area contributed by atoms with E-state index >= 15 is 0 Å². The number of carbonyl (C=O) groups is 3. The molecule has 3 rings (SSSR count). The molecule has 0 aliphatic heterocycles. The zero-order valence-corrected chi connectivity index (χ0v) is 18.7. The van der Waals surface area contributed by atoms with Crippen LogP contribution in [0, 0.1) is 11.3 Å². The van der Waals surface area contributed by atoms with Crippen LogP contribution in [0.1, 0.15) is 44.4 Å². The average molecular weight is 459 g/mol. The second-order valence-corrected chi connectivity index (χ2v) is 8.56. The fourth-order valence-electron chi connectivity index (χ4n) is 4.45. The molecule has 1 saturated carbocycles. The molecule has 9 nitrogen and oxygen atoms in total. The Bertz CT molecular complexity index is 951. The van der Waals surface area contributed by atoms with Crippen molar-refractivity contribution in [3.05, 3.63) is 42.4 Å². The van der Waals surface area contributed by atoms with Crippen molar-refractivity contribution in [3.8, 4) is 11.3 Å². The largest absolute Gasteiger partial charge is 0.481 e. The quantitative estimate of drug-likeness (QED) is 0.441. The lowest BCUT2D eigenvalue weighted by atomic mass is 9.75. The molecule has 1 aromatic carbocycles. The Morgan fingerprint density at radius 2 is 1.85 bits per heavy atom. The Kier molecular flexibility index (Phi) is 8.21. The highest BCUT2D eigenvalue weighted by atomic mass is 16.5. The van der Waals surface area contributed by atoms with E-state index < -0.39 is 35.2 Å². The molecular formula is C24H30N2O7. The lowest BCUT2D eigenvalue weighted by Crippen LogP contribution is -2.49. The summed E-state index contributed by atoms with van der Waals surface area (Å²) in [5.41, 5.74) is -0.0936. The number of hydrogen-bond acceptors (Lipinski definition) is 6. The van der Waals surface area contributed by atoms with Crippen LogP contribution in [0.2, 0.25) is 0 Å². The first-order chi connectivity index (χ1) is 15.8. The van der Waals surface area contributed by atoms with Crippen LogP contribution in [-0.2, 0) is 25.5 Å². The first-order valence-corrected chi connectivity index (χ1v) is 11.1. The SMILES string of the molecule is COCC[C@H](CC1(C(=O)N[C@@H](Cc2ncc(-c3ccccc3)o2)C(=O)O)CCCC1)C(=O)O. The Hall–Kier alpha value is -3.20. The molecule has 0 saturated heterocycles. The smallest absolute Gasteiger partial charge is 0.326 e. The van der Waals surface area contributed by atoms with E-state index in [1.165, 1.54) is 13.3 Å². The van der Waals surface area contributed by atoms with Gasteiger partial charge in [-0.25, -0.2) is 9.78 Å². The molecule has 9 heteroatoms. The predicted octanol–water partition coefficient (Wildman–Crippen LogP) is 3.14. The van der Waals surface area contributed by atoms with Gasteiger partial charge in [0.25, 0.3) is 0 Å². The minimum atomic E-state index is -1.24. The van der Waals surface area contributed by atoms with Crippen LogP contribution in [0.5, 0.6) is 0 Å². The molecule has 3 N–H and O–H groups in total. The number of carboxylic acids is 2. The van der Waals surface area contributed by atoms with Crippen molar-refractivity contribution < 1.29 is 33.8 Å². The maximum absolute atomic E-state index is 13.3. The summed E-state index contributed by atoms with van der Waals surface area (Å²) in [7, 11) is 1.50. The molecule has 0 spiro atoms. The van der Waals surface area contributed by atoms with Crippen molar-refractivity contribution in [2.45, 2.75) is 51.0 Å². The number of nitrogens with one attached hydrogen (secondary N) is 1. The topological polar surface area (TPSA) is 139 Å². The van der Waals surface area contributed by atoms with Gasteiger partial charge in [-0.2, -0.15) is 0 Å². The Morgan fingerprint density at radius 3 is 2.45 bits per heavy atom. The third-order valence-electron chi connectivity index (χ3n) is 6.29. The van der Waals surface area contributed by atoms with Crippen molar-refractivity contribution in [1.82, 2.24) is 10.3 Å². The monoisotopic (exact) mass is 458 g/mol. The molecule has 1 aliphatic carbocycles. The zero-order valence-electron chi connectivity index (χ0n) is 18.7. The first-order valence-electron chi connectivity index (χ1n) is 11.1. The third-order valence-corrected chi connectivity index (χ3v) is 6.29. The predicted molar refractivity (Wildman–Crippen MR) is 118 cm³/mol. The number of amides is 1. The Labute approximate surface area is 192 Å². The van der Waals surface area contributed by atoms with E-state index in [1.807, 2.05) is 30.3 Å². The van der Waals surface area contributed by atoms with Gasteiger partial charge >= 0.3 is 11.9 Å². The maximum atomic E-state index is 13.3. The van der Waals surface area contributed by atoms with Gasteiger partial charge in [-0.1, -0.05) is 43.2 Å². The lowest BCUT2D eigenvalue weighted by Gasteiger charge is -2.31. The van der Waals surface area contributed by atoms with E-state index in [9.17, 15) is 24.6 Å². The number of carbonyl (C=O) groups excluding carboxylic acids is 1. The summed E-state index contributed by atoms with van der Waals surface area (Å²) in [6.45, 7) is 0.278. The van der Waals surface area contributed by atoms with Crippen LogP contribution in [0.3, 0.4) is 0 Å². The number of oxazole rings is 1. The van der Waals surface area contributed by atoms with Crippen molar-refractivity contribution in [2.75, 3.05) is 13.7 Å². The van der Waals surface area contributed by atoms with Crippen molar-refractivity contribution >= 4 is 17.8 Å². The molecule has 2 aromatic rings. The average Bonchev–Trinajstić information content (AvgIpc) is 3.47. The van der Waals surface area contributed by atoms with Crippen LogP contribution >= 0.6 is 0 Å². The number of nitrogens with zero attached hydrogens (tertiary/aromatic N) is 1. The molecule has 2 atom stereocenters. The summed E-state index contributed by atoms with van der Waals surface area (Å²) >= 11 is 0. The van der Waals surface area contributed by atoms with Gasteiger partial charge in [-0.05, 0) is 25.7 Å². The fraction of sp³-hybridized carbons (Fsp3) is 0.500. The summed E-state index contributed by atoms with van der Waals surface area (Å²) < 4.78 is 10.7. The van der Waals surface area contributed by atoms with Gasteiger partial charge in [0.2, 0.25) is 5.91 Å². The van der Waals surface area contributed by atoms with Crippen LogP contribution in [-0.4, -0.2) is 52.8 Å². The number of hydrogen-bond donors (Lipinski definition) is 3. The van der Waals surface area contributed by atoms with Gasteiger partial charge in [0.15, 0.2) is 11.7 Å². The van der Waals surface area contributed by atoms with E-state index in [1.54, 1.807) is 0 Å². The Balaban J connectivity index is 1.72. The molecule has 0 bridgehead atoms. The molecule has 1 fully saturated rings. The van der Waals surface area contributed by atoms with Gasteiger partial charge in [-0.3, -0.25) is 9.59 Å². The molecule has 1 heterocycles. The fourth-order valence-corrected chi connectivity index (χ4v) is 4.45. The van der Waals surface area contributed by atoms with Crippen molar-refractivity contribution in [1.29, 1.82) is 0 Å². The van der Waals surface area contributed by atoms with Crippen LogP contribution in [0.25, 0.3) is 11.3 Å². The second kappa shape index (κ2) is 11.1. The van der Waals surface area contributed by atoms with Crippen LogP contribution < -0.4 is 5.32 Å². The number of aromatic nitrogens is 1. The number of carboxylic acid groups (broad SMARTS) is 2. The Morgan fingerprint density at radius 1 is 1.15 bits per heavy atom. The highest BCUT2D eigenvalue weighted by molar-refractivity contribution is 5.88. The van der Waals surface area contributed by atoms with Gasteiger partial charge in [-0.15, -0.1) is 0 Å².